The minimum Gasteiger partial charge on any atom is -0.349 e. The van der Waals surface area contributed by atoms with Gasteiger partial charge in [-0.15, -0.1) is 0 Å². The number of amides is 1. The van der Waals surface area contributed by atoms with Crippen LogP contribution in [0.25, 0.3) is 0 Å². The Morgan fingerprint density at radius 2 is 2.05 bits per heavy atom. The fourth-order valence-corrected chi connectivity index (χ4v) is 2.31. The van der Waals surface area contributed by atoms with Crippen molar-refractivity contribution in [2.75, 3.05) is 6.54 Å². The Kier molecular flexibility index (Phi) is 5.62. The molecular weight excluding hydrogens is 262 g/mol. The second-order valence-electron chi connectivity index (χ2n) is 5.82. The first-order valence-electron chi connectivity index (χ1n) is 6.71. The van der Waals surface area contributed by atoms with E-state index in [-0.39, 0.29) is 17.9 Å². The van der Waals surface area contributed by atoms with Crippen molar-refractivity contribution < 1.29 is 13.6 Å². The van der Waals surface area contributed by atoms with E-state index in [2.05, 4.69) is 5.32 Å². The molecule has 112 valence electrons. The summed E-state index contributed by atoms with van der Waals surface area (Å²) >= 11 is 0. The monoisotopic (exact) mass is 284 g/mol. The van der Waals surface area contributed by atoms with Crippen LogP contribution in [0.1, 0.15) is 32.8 Å². The first-order valence-corrected chi connectivity index (χ1v) is 6.71. The van der Waals surface area contributed by atoms with Crippen molar-refractivity contribution in [3.05, 3.63) is 35.4 Å². The predicted molar refractivity (Wildman–Crippen MR) is 75.1 cm³/mol. The number of carbonyl (C=O) groups excluding carboxylic acids is 1. The number of rotatable bonds is 6. The van der Waals surface area contributed by atoms with Gasteiger partial charge in [0, 0.05) is 18.2 Å². The summed E-state index contributed by atoms with van der Waals surface area (Å²) < 4.78 is 26.3. The summed E-state index contributed by atoms with van der Waals surface area (Å²) in [4.78, 5) is 12.0. The van der Waals surface area contributed by atoms with Crippen molar-refractivity contribution in [2.24, 2.45) is 11.7 Å². The van der Waals surface area contributed by atoms with Gasteiger partial charge in [-0.1, -0.05) is 19.9 Å². The van der Waals surface area contributed by atoms with Gasteiger partial charge in [0.05, 0.1) is 6.42 Å². The topological polar surface area (TPSA) is 55.1 Å². The highest BCUT2D eigenvalue weighted by Crippen LogP contribution is 2.16. The number of hydrogen-bond acceptors (Lipinski definition) is 2. The van der Waals surface area contributed by atoms with Gasteiger partial charge in [-0.05, 0) is 30.9 Å². The summed E-state index contributed by atoms with van der Waals surface area (Å²) in [6, 6.07) is 3.20. The van der Waals surface area contributed by atoms with Crippen LogP contribution in [-0.2, 0) is 11.2 Å². The van der Waals surface area contributed by atoms with Crippen molar-refractivity contribution in [2.45, 2.75) is 39.2 Å². The van der Waals surface area contributed by atoms with Crippen LogP contribution in [0.3, 0.4) is 0 Å². The Bertz CT molecular complexity index is 477. The lowest BCUT2D eigenvalue weighted by molar-refractivity contribution is -0.122. The second kappa shape index (κ2) is 6.79. The maximum absolute atomic E-state index is 13.5. The minimum atomic E-state index is -0.710. The van der Waals surface area contributed by atoms with E-state index in [1.54, 1.807) is 0 Å². The van der Waals surface area contributed by atoms with Crippen LogP contribution in [0.15, 0.2) is 18.2 Å². The van der Waals surface area contributed by atoms with E-state index in [0.717, 1.165) is 18.6 Å². The Hall–Kier alpha value is -1.49. The average Bonchev–Trinajstić information content (AvgIpc) is 2.31. The number of nitrogens with one attached hydrogen (secondary N) is 1. The zero-order chi connectivity index (χ0) is 15.3. The summed E-state index contributed by atoms with van der Waals surface area (Å²) in [7, 11) is 0. The largest absolute Gasteiger partial charge is 0.349 e. The van der Waals surface area contributed by atoms with E-state index in [1.165, 1.54) is 6.07 Å². The van der Waals surface area contributed by atoms with Crippen LogP contribution in [0.4, 0.5) is 8.78 Å². The van der Waals surface area contributed by atoms with Crippen molar-refractivity contribution in [3.63, 3.8) is 0 Å². The van der Waals surface area contributed by atoms with Crippen LogP contribution in [0.2, 0.25) is 0 Å². The van der Waals surface area contributed by atoms with Gasteiger partial charge in [-0.2, -0.15) is 0 Å². The van der Waals surface area contributed by atoms with Gasteiger partial charge in [-0.25, -0.2) is 8.78 Å². The first kappa shape index (κ1) is 16.6. The number of carbonyl (C=O) groups is 1. The first-order chi connectivity index (χ1) is 9.25. The quantitative estimate of drug-likeness (QED) is 0.842. The second-order valence-corrected chi connectivity index (χ2v) is 5.82. The van der Waals surface area contributed by atoms with Gasteiger partial charge >= 0.3 is 0 Å². The van der Waals surface area contributed by atoms with E-state index in [9.17, 15) is 13.6 Å². The van der Waals surface area contributed by atoms with E-state index in [1.807, 2.05) is 20.8 Å². The summed E-state index contributed by atoms with van der Waals surface area (Å²) in [5, 5.41) is 2.84. The molecule has 0 bridgehead atoms. The van der Waals surface area contributed by atoms with E-state index >= 15 is 0 Å². The zero-order valence-electron chi connectivity index (χ0n) is 12.2. The maximum Gasteiger partial charge on any atom is 0.224 e. The van der Waals surface area contributed by atoms with Crippen LogP contribution >= 0.6 is 0 Å². The average molecular weight is 284 g/mol. The molecule has 3 nitrogen and oxygen atoms in total. The molecule has 0 aromatic heterocycles. The number of hydrogen-bond donors (Lipinski definition) is 2. The summed E-state index contributed by atoms with van der Waals surface area (Å²) in [6.45, 7) is 6.26. The van der Waals surface area contributed by atoms with Crippen molar-refractivity contribution >= 4 is 5.91 Å². The summed E-state index contributed by atoms with van der Waals surface area (Å²) in [6.07, 6.45) is 0.612. The Labute approximate surface area is 118 Å². The van der Waals surface area contributed by atoms with Gasteiger partial charge in [-0.3, -0.25) is 4.79 Å². The SMILES string of the molecule is CC(C)CC(C)(CN)NC(=O)Cc1ccc(F)cc1F. The molecule has 1 rings (SSSR count). The van der Waals surface area contributed by atoms with Gasteiger partial charge in [0.2, 0.25) is 5.91 Å². The summed E-state index contributed by atoms with van der Waals surface area (Å²) in [5.74, 6) is -1.30. The standard InChI is InChI=1S/C15H22F2N2O/c1-10(2)8-15(3,9-18)19-14(20)6-11-4-5-12(16)7-13(11)17/h4-5,7,10H,6,8-9,18H2,1-3H3,(H,19,20). The van der Waals surface area contributed by atoms with E-state index in [4.69, 9.17) is 5.73 Å². The molecule has 0 aliphatic carbocycles. The van der Waals surface area contributed by atoms with Gasteiger partial charge in [0.25, 0.3) is 0 Å². The maximum atomic E-state index is 13.5. The molecule has 1 amide bonds. The molecule has 1 aromatic rings. The molecule has 1 atom stereocenters. The fraction of sp³-hybridized carbons (Fsp3) is 0.533. The van der Waals surface area contributed by atoms with E-state index in [0.29, 0.717) is 12.5 Å². The van der Waals surface area contributed by atoms with E-state index < -0.39 is 17.2 Å². The molecule has 20 heavy (non-hydrogen) atoms. The highest BCUT2D eigenvalue weighted by molar-refractivity contribution is 5.79. The lowest BCUT2D eigenvalue weighted by Gasteiger charge is -2.31. The summed E-state index contributed by atoms with van der Waals surface area (Å²) in [5.41, 5.74) is 5.37. The van der Waals surface area contributed by atoms with Gasteiger partial charge in [0.15, 0.2) is 0 Å². The molecule has 0 fully saturated rings. The van der Waals surface area contributed by atoms with Crippen LogP contribution < -0.4 is 11.1 Å². The molecule has 1 unspecified atom stereocenters. The molecule has 0 heterocycles. The van der Waals surface area contributed by atoms with Gasteiger partial charge < -0.3 is 11.1 Å². The van der Waals surface area contributed by atoms with Crippen LogP contribution in [0.5, 0.6) is 0 Å². The Morgan fingerprint density at radius 1 is 1.40 bits per heavy atom. The molecule has 0 saturated carbocycles. The van der Waals surface area contributed by atoms with Crippen molar-refractivity contribution in [3.8, 4) is 0 Å². The smallest absolute Gasteiger partial charge is 0.224 e. The number of halogens is 2. The molecule has 0 aliphatic rings. The fourth-order valence-electron chi connectivity index (χ4n) is 2.31. The highest BCUT2D eigenvalue weighted by atomic mass is 19.1. The third-order valence-corrected chi connectivity index (χ3v) is 3.12. The highest BCUT2D eigenvalue weighted by Gasteiger charge is 2.26. The molecule has 0 saturated heterocycles. The molecule has 3 N–H and O–H groups in total. The molecule has 5 heteroatoms. The van der Waals surface area contributed by atoms with Gasteiger partial charge in [0.1, 0.15) is 11.6 Å². The lowest BCUT2D eigenvalue weighted by Crippen LogP contribution is -2.52. The van der Waals surface area contributed by atoms with Crippen LogP contribution in [0, 0.1) is 17.6 Å². The molecule has 1 aromatic carbocycles. The Morgan fingerprint density at radius 3 is 2.55 bits per heavy atom. The lowest BCUT2D eigenvalue weighted by atomic mass is 9.90. The molecular formula is C15H22F2N2O. The normalized spacial score (nSPS) is 14.2. The third kappa shape index (κ3) is 4.89. The predicted octanol–water partition coefficient (Wildman–Crippen LogP) is 2.39. The number of benzene rings is 1. The number of nitrogens with two attached hydrogens (primary N) is 1. The minimum absolute atomic E-state index is 0.125. The van der Waals surface area contributed by atoms with Crippen molar-refractivity contribution in [1.29, 1.82) is 0 Å². The van der Waals surface area contributed by atoms with Crippen LogP contribution in [-0.4, -0.2) is 18.0 Å². The third-order valence-electron chi connectivity index (χ3n) is 3.12. The molecule has 0 aliphatic heterocycles. The van der Waals surface area contributed by atoms with Crippen molar-refractivity contribution in [1.82, 2.24) is 5.32 Å². The molecule has 0 radical (unpaired) electrons. The Balaban J connectivity index is 2.71. The zero-order valence-corrected chi connectivity index (χ0v) is 12.2. The molecule has 0 spiro atoms.